The van der Waals surface area contributed by atoms with Crippen molar-refractivity contribution >= 4 is 5.97 Å². The molecule has 0 radical (unpaired) electrons. The number of carbonyl (C=O) groups is 1. The maximum atomic E-state index is 11.4. The van der Waals surface area contributed by atoms with Crippen LogP contribution in [-0.2, 0) is 11.3 Å². The maximum Gasteiger partial charge on any atom is 0.328 e. The van der Waals surface area contributed by atoms with Crippen LogP contribution in [0.2, 0.25) is 0 Å². The van der Waals surface area contributed by atoms with E-state index in [0.29, 0.717) is 5.56 Å². The van der Waals surface area contributed by atoms with E-state index < -0.39 is 12.0 Å². The Balaban J connectivity index is 2.23. The van der Waals surface area contributed by atoms with E-state index in [1.807, 2.05) is 30.3 Å². The summed E-state index contributed by atoms with van der Waals surface area (Å²) in [6.07, 6.45) is 0. The highest BCUT2D eigenvalue weighted by Gasteiger charge is 2.29. The standard InChI is InChI=1S/C19H19N3O3/c1-13(2)18(19(23)24)22(21-25)12-14-7-9-15(10-8-14)17-6-4-3-5-16(17)11-20/h3-10,13,18H,12H2,1-2H3,(H,23,24)/t18-/m0/s1/i1+1,2+1,13+1,18+1,19+1,22+1. The molecule has 0 unspecified atom stereocenters. The summed E-state index contributed by atoms with van der Waals surface area (Å²) in [4.78, 5) is 22.5. The molecule has 2 aromatic carbocycles. The normalized spacial score (nSPS) is 11.6. The Morgan fingerprint density at radius 1 is 1.20 bits per heavy atom. The van der Waals surface area contributed by atoms with Crippen molar-refractivity contribution in [3.05, 3.63) is 64.6 Å². The lowest BCUT2D eigenvalue weighted by molar-refractivity contribution is -0.145. The lowest BCUT2D eigenvalue weighted by atomic mass is 9.99. The van der Waals surface area contributed by atoms with Crippen LogP contribution in [0.5, 0.6) is 0 Å². The molecule has 1 N–H and O–H groups in total. The average molecular weight is 343 g/mol. The van der Waals surface area contributed by atoms with Crippen molar-refractivity contribution in [1.29, 1.82) is 5.26 Å². The molecule has 128 valence electrons. The summed E-state index contributed by atoms with van der Waals surface area (Å²) in [5.41, 5.74) is 3.06. The predicted molar refractivity (Wildman–Crippen MR) is 94.2 cm³/mol. The molecule has 0 spiro atoms. The molecule has 25 heavy (non-hydrogen) atoms. The molecule has 2 rings (SSSR count). The maximum absolute atomic E-state index is 11.4. The molecule has 0 amide bonds. The van der Waals surface area contributed by atoms with Gasteiger partial charge in [0.05, 0.1) is 23.5 Å². The fourth-order valence-electron chi connectivity index (χ4n) is 2.74. The van der Waals surface area contributed by atoms with Gasteiger partial charge < -0.3 is 5.11 Å². The molecule has 0 aliphatic rings. The number of carboxylic acids is 1. The van der Waals surface area contributed by atoms with Crippen LogP contribution in [0.25, 0.3) is 11.1 Å². The second kappa shape index (κ2) is 8.06. The van der Waals surface area contributed by atoms with E-state index >= 15 is 0 Å². The third-order valence-electron chi connectivity index (χ3n) is 3.97. The van der Waals surface area contributed by atoms with Gasteiger partial charge in [0.1, 0.15) is 6.04 Å². The Labute approximate surface area is 146 Å². The Kier molecular flexibility index (Phi) is 5.85. The second-order valence-electron chi connectivity index (χ2n) is 6.06. The summed E-state index contributed by atoms with van der Waals surface area (Å²) in [6, 6.07) is 15.8. The molecule has 6 heteroatoms. The SMILES string of the molecule is [13CH3][13CH]([13CH3])[13C@@H]([13C](=O)O)[15N](Cc1ccc(-c2ccccc2C#N)cc1)N=O. The van der Waals surface area contributed by atoms with Crippen molar-refractivity contribution < 1.29 is 9.90 Å². The van der Waals surface area contributed by atoms with Gasteiger partial charge in [0.15, 0.2) is 0 Å². The van der Waals surface area contributed by atoms with E-state index in [-0.39, 0.29) is 12.5 Å². The minimum atomic E-state index is -1.07. The van der Waals surface area contributed by atoms with Crippen molar-refractivity contribution in [2.24, 2.45) is 11.2 Å². The van der Waals surface area contributed by atoms with E-state index in [9.17, 15) is 20.1 Å². The number of nitriles is 1. The predicted octanol–water partition coefficient (Wildman–Crippen LogP) is 3.82. The van der Waals surface area contributed by atoms with Crippen LogP contribution in [0, 0.1) is 22.2 Å². The first-order valence-corrected chi connectivity index (χ1v) is 7.89. The molecule has 0 aromatic heterocycles. The van der Waals surface area contributed by atoms with E-state index in [1.165, 1.54) is 0 Å². The first-order valence-electron chi connectivity index (χ1n) is 7.89. The number of nitrogens with zero attached hydrogens (tertiary/aromatic N) is 3. The number of hydrogen-bond donors (Lipinski definition) is 1. The van der Waals surface area contributed by atoms with Crippen molar-refractivity contribution in [2.45, 2.75) is 26.4 Å². The van der Waals surface area contributed by atoms with E-state index in [0.717, 1.165) is 21.7 Å². The van der Waals surface area contributed by atoms with Crippen LogP contribution < -0.4 is 0 Å². The van der Waals surface area contributed by atoms with Crippen molar-refractivity contribution in [1.82, 2.24) is 5.01 Å². The van der Waals surface area contributed by atoms with Gasteiger partial charge in [-0.25, -0.2) is 9.80 Å². The molecular formula is C19H19N3O3. The van der Waals surface area contributed by atoms with Crippen molar-refractivity contribution in [2.75, 3.05) is 0 Å². The quantitative estimate of drug-likeness (QED) is 0.357. The topological polar surface area (TPSA) is 93.8 Å². The number of nitroso groups, excluding NO2 is 1. The van der Waals surface area contributed by atoms with Gasteiger partial charge in [-0.1, -0.05) is 56.3 Å². The van der Waals surface area contributed by atoms with Gasteiger partial charge >= 0.3 is 5.97 Å². The van der Waals surface area contributed by atoms with Crippen LogP contribution in [-0.4, -0.2) is 22.1 Å². The Hall–Kier alpha value is -3.20. The second-order valence-corrected chi connectivity index (χ2v) is 6.06. The highest BCUT2D eigenvalue weighted by Crippen LogP contribution is 2.24. The van der Waals surface area contributed by atoms with Gasteiger partial charge in [-0.05, 0) is 28.7 Å². The highest BCUT2D eigenvalue weighted by molar-refractivity contribution is 5.73. The molecule has 0 saturated carbocycles. The van der Waals surface area contributed by atoms with E-state index in [2.05, 4.69) is 11.4 Å². The van der Waals surface area contributed by atoms with Gasteiger partial charge in [0.2, 0.25) is 0 Å². The third kappa shape index (κ3) is 4.21. The molecule has 0 aliphatic heterocycles. The lowest BCUT2D eigenvalue weighted by Gasteiger charge is -2.25. The van der Waals surface area contributed by atoms with Gasteiger partial charge in [0, 0.05) is 0 Å². The summed E-state index contributed by atoms with van der Waals surface area (Å²) in [5.74, 6) is -1.33. The highest BCUT2D eigenvalue weighted by atomic mass is 16.5. The molecule has 0 saturated heterocycles. The van der Waals surface area contributed by atoms with Gasteiger partial charge in [-0.3, -0.25) is 0 Å². The Morgan fingerprint density at radius 2 is 1.84 bits per heavy atom. The summed E-state index contributed by atoms with van der Waals surface area (Å²) in [5, 5.41) is 22.4. The molecular weight excluding hydrogens is 324 g/mol. The Morgan fingerprint density at radius 3 is 2.36 bits per heavy atom. The number of aliphatic carboxylic acids is 1. The number of benzene rings is 2. The minimum absolute atomic E-state index is 0.110. The fourth-order valence-corrected chi connectivity index (χ4v) is 2.74. The number of rotatable bonds is 7. The molecule has 2 aromatic rings. The zero-order valence-electron chi connectivity index (χ0n) is 14.1. The molecule has 0 fully saturated rings. The largest absolute Gasteiger partial charge is 0.480 e. The molecule has 0 aliphatic carbocycles. The minimum Gasteiger partial charge on any atom is -0.480 e. The van der Waals surface area contributed by atoms with Crippen LogP contribution in [0.4, 0.5) is 0 Å². The van der Waals surface area contributed by atoms with Crippen molar-refractivity contribution in [3.63, 3.8) is 0 Å². The zero-order valence-corrected chi connectivity index (χ0v) is 14.1. The van der Waals surface area contributed by atoms with Crippen LogP contribution in [0.1, 0.15) is 25.0 Å². The summed E-state index contributed by atoms with van der Waals surface area (Å²) in [7, 11) is 0. The smallest absolute Gasteiger partial charge is 0.328 e. The third-order valence-corrected chi connectivity index (χ3v) is 3.97. The van der Waals surface area contributed by atoms with Crippen LogP contribution in [0.15, 0.2) is 53.8 Å². The van der Waals surface area contributed by atoms with Gasteiger partial charge in [0.25, 0.3) is 0 Å². The summed E-state index contributed by atoms with van der Waals surface area (Å²) < 4.78 is 0. The average Bonchev–Trinajstić information content (AvgIpc) is 2.61. The van der Waals surface area contributed by atoms with E-state index in [4.69, 9.17) is 0 Å². The van der Waals surface area contributed by atoms with Gasteiger partial charge in [-0.15, -0.1) is 4.91 Å². The van der Waals surface area contributed by atoms with Crippen LogP contribution in [0.3, 0.4) is 0 Å². The van der Waals surface area contributed by atoms with Gasteiger partial charge in [-0.2, -0.15) is 5.26 Å². The Bertz CT molecular complexity index is 794. The molecule has 6 nitrogen and oxygen atoms in total. The summed E-state index contributed by atoms with van der Waals surface area (Å²) >= 11 is 0. The number of carboxylic acid groups (broad SMARTS) is 1. The summed E-state index contributed by atoms with van der Waals surface area (Å²) in [6.45, 7) is 3.58. The zero-order chi connectivity index (χ0) is 18.4. The van der Waals surface area contributed by atoms with E-state index in [1.54, 1.807) is 32.0 Å². The first kappa shape index (κ1) is 18.1. The first-order chi connectivity index (χ1) is 12.0. The van der Waals surface area contributed by atoms with Crippen LogP contribution >= 0.6 is 0 Å². The van der Waals surface area contributed by atoms with Crippen molar-refractivity contribution in [3.8, 4) is 17.2 Å². The molecule has 0 bridgehead atoms. The monoisotopic (exact) mass is 343 g/mol. The molecule has 0 heterocycles. The number of hydrogen-bond acceptors (Lipinski definition) is 4. The molecule has 1 atom stereocenters. The lowest BCUT2D eigenvalue weighted by Crippen LogP contribution is -2.41. The fraction of sp³-hybridized carbons (Fsp3) is 0.263.